The SMILES string of the molecule is Cc1ccc(O[C@H]2CCN(C(=O)c3cccs3)C2)nn1. The van der Waals surface area contributed by atoms with Crippen LogP contribution >= 0.6 is 11.3 Å². The number of thiophene rings is 1. The van der Waals surface area contributed by atoms with Crippen LogP contribution in [0.25, 0.3) is 0 Å². The highest BCUT2D eigenvalue weighted by molar-refractivity contribution is 7.12. The van der Waals surface area contributed by atoms with Crippen molar-refractivity contribution in [2.24, 2.45) is 0 Å². The van der Waals surface area contributed by atoms with Gasteiger partial charge in [-0.25, -0.2) is 0 Å². The zero-order chi connectivity index (χ0) is 13.9. The Hall–Kier alpha value is -1.95. The molecule has 0 saturated carbocycles. The molecule has 0 N–H and O–H groups in total. The van der Waals surface area contributed by atoms with Crippen molar-refractivity contribution in [1.29, 1.82) is 0 Å². The van der Waals surface area contributed by atoms with Gasteiger partial charge in [0.15, 0.2) is 0 Å². The van der Waals surface area contributed by atoms with Gasteiger partial charge in [0.25, 0.3) is 5.91 Å². The Morgan fingerprint density at radius 1 is 1.40 bits per heavy atom. The van der Waals surface area contributed by atoms with Gasteiger partial charge in [0.05, 0.1) is 17.1 Å². The van der Waals surface area contributed by atoms with Gasteiger partial charge in [-0.05, 0) is 24.4 Å². The lowest BCUT2D eigenvalue weighted by Crippen LogP contribution is -2.30. The molecule has 1 aliphatic heterocycles. The number of nitrogens with zero attached hydrogens (tertiary/aromatic N) is 3. The summed E-state index contributed by atoms with van der Waals surface area (Å²) in [5, 5.41) is 9.87. The van der Waals surface area contributed by atoms with E-state index in [-0.39, 0.29) is 12.0 Å². The minimum atomic E-state index is -0.00378. The maximum Gasteiger partial charge on any atom is 0.264 e. The van der Waals surface area contributed by atoms with Gasteiger partial charge in [-0.1, -0.05) is 6.07 Å². The number of aromatic nitrogens is 2. The summed E-state index contributed by atoms with van der Waals surface area (Å²) in [6.45, 7) is 3.21. The summed E-state index contributed by atoms with van der Waals surface area (Å²) in [5.74, 6) is 0.604. The summed E-state index contributed by atoms with van der Waals surface area (Å²) in [6.07, 6.45) is 0.822. The number of carbonyl (C=O) groups is 1. The van der Waals surface area contributed by atoms with Crippen LogP contribution in [0.1, 0.15) is 21.8 Å². The number of aryl methyl sites for hydroxylation is 1. The Bertz CT molecular complexity index is 583. The van der Waals surface area contributed by atoms with Crippen molar-refractivity contribution in [2.45, 2.75) is 19.4 Å². The first-order chi connectivity index (χ1) is 9.72. The minimum Gasteiger partial charge on any atom is -0.471 e. The van der Waals surface area contributed by atoms with Crippen LogP contribution in [0.4, 0.5) is 0 Å². The van der Waals surface area contributed by atoms with E-state index in [1.807, 2.05) is 41.5 Å². The predicted octanol–water partition coefficient (Wildman–Crippen LogP) is 2.14. The van der Waals surface area contributed by atoms with Crippen LogP contribution in [-0.4, -0.2) is 40.2 Å². The fourth-order valence-electron chi connectivity index (χ4n) is 2.19. The van der Waals surface area contributed by atoms with Crippen LogP contribution in [0.5, 0.6) is 5.88 Å². The fraction of sp³-hybridized carbons (Fsp3) is 0.357. The van der Waals surface area contributed by atoms with E-state index in [4.69, 9.17) is 4.74 Å². The van der Waals surface area contributed by atoms with Crippen molar-refractivity contribution in [2.75, 3.05) is 13.1 Å². The van der Waals surface area contributed by atoms with E-state index in [1.54, 1.807) is 0 Å². The van der Waals surface area contributed by atoms with E-state index < -0.39 is 0 Å². The molecule has 5 nitrogen and oxygen atoms in total. The van der Waals surface area contributed by atoms with E-state index in [9.17, 15) is 4.79 Å². The third kappa shape index (κ3) is 2.80. The van der Waals surface area contributed by atoms with Crippen LogP contribution in [0, 0.1) is 6.92 Å². The maximum absolute atomic E-state index is 12.2. The Kier molecular flexibility index (Phi) is 3.64. The highest BCUT2D eigenvalue weighted by atomic mass is 32.1. The molecule has 1 aliphatic rings. The molecule has 20 heavy (non-hydrogen) atoms. The number of hydrogen-bond donors (Lipinski definition) is 0. The van der Waals surface area contributed by atoms with Crippen LogP contribution in [-0.2, 0) is 0 Å². The molecule has 0 radical (unpaired) electrons. The van der Waals surface area contributed by atoms with Crippen LogP contribution < -0.4 is 4.74 Å². The molecule has 2 aromatic rings. The van der Waals surface area contributed by atoms with Gasteiger partial charge in [-0.3, -0.25) is 4.79 Å². The third-order valence-electron chi connectivity index (χ3n) is 3.23. The first kappa shape index (κ1) is 13.1. The molecule has 1 atom stereocenters. The van der Waals surface area contributed by atoms with Crippen LogP contribution in [0.15, 0.2) is 29.6 Å². The van der Waals surface area contributed by atoms with Crippen molar-refractivity contribution < 1.29 is 9.53 Å². The average Bonchev–Trinajstić information content (AvgIpc) is 3.12. The van der Waals surface area contributed by atoms with E-state index >= 15 is 0 Å². The molecule has 0 aliphatic carbocycles. The van der Waals surface area contributed by atoms with E-state index in [2.05, 4.69) is 10.2 Å². The Balaban J connectivity index is 1.59. The van der Waals surface area contributed by atoms with Crippen molar-refractivity contribution in [1.82, 2.24) is 15.1 Å². The molecule has 104 valence electrons. The molecule has 1 amide bonds. The summed E-state index contributed by atoms with van der Waals surface area (Å²) < 4.78 is 5.76. The van der Waals surface area contributed by atoms with E-state index in [0.29, 0.717) is 12.4 Å². The number of carbonyl (C=O) groups excluding carboxylic acids is 1. The van der Waals surface area contributed by atoms with Gasteiger partial charge in [0.2, 0.25) is 5.88 Å². The lowest BCUT2D eigenvalue weighted by Gasteiger charge is -2.16. The minimum absolute atomic E-state index is 0.00378. The second-order valence-corrected chi connectivity index (χ2v) is 5.72. The molecule has 6 heteroatoms. The van der Waals surface area contributed by atoms with Crippen LogP contribution in [0.2, 0.25) is 0 Å². The number of rotatable bonds is 3. The Labute approximate surface area is 121 Å². The van der Waals surface area contributed by atoms with Gasteiger partial charge in [0.1, 0.15) is 6.10 Å². The largest absolute Gasteiger partial charge is 0.471 e. The van der Waals surface area contributed by atoms with Crippen molar-refractivity contribution in [3.63, 3.8) is 0 Å². The lowest BCUT2D eigenvalue weighted by molar-refractivity contribution is 0.0775. The second-order valence-electron chi connectivity index (χ2n) is 4.77. The zero-order valence-corrected chi connectivity index (χ0v) is 12.0. The molecular formula is C14H15N3O2S. The van der Waals surface area contributed by atoms with Gasteiger partial charge in [-0.2, -0.15) is 5.10 Å². The van der Waals surface area contributed by atoms with Crippen molar-refractivity contribution >= 4 is 17.2 Å². The number of amides is 1. The van der Waals surface area contributed by atoms with Crippen molar-refractivity contribution in [3.05, 3.63) is 40.2 Å². The van der Waals surface area contributed by atoms with Crippen LogP contribution in [0.3, 0.4) is 0 Å². The van der Waals surface area contributed by atoms with Gasteiger partial charge >= 0.3 is 0 Å². The molecule has 1 fully saturated rings. The molecule has 1 saturated heterocycles. The van der Waals surface area contributed by atoms with Gasteiger partial charge in [-0.15, -0.1) is 16.4 Å². The molecule has 0 unspecified atom stereocenters. The number of ether oxygens (including phenoxy) is 1. The molecule has 0 aromatic carbocycles. The van der Waals surface area contributed by atoms with Gasteiger partial charge in [0, 0.05) is 19.0 Å². The molecular weight excluding hydrogens is 274 g/mol. The van der Waals surface area contributed by atoms with Crippen molar-refractivity contribution in [3.8, 4) is 5.88 Å². The number of hydrogen-bond acceptors (Lipinski definition) is 5. The quantitative estimate of drug-likeness (QED) is 0.868. The van der Waals surface area contributed by atoms with Gasteiger partial charge < -0.3 is 9.64 Å². The monoisotopic (exact) mass is 289 g/mol. The smallest absolute Gasteiger partial charge is 0.264 e. The molecule has 0 spiro atoms. The summed E-state index contributed by atoms with van der Waals surface area (Å²) in [6, 6.07) is 7.43. The lowest BCUT2D eigenvalue weighted by atomic mass is 10.3. The normalized spacial score (nSPS) is 18.2. The predicted molar refractivity (Wildman–Crippen MR) is 76.0 cm³/mol. The van der Waals surface area contributed by atoms with E-state index in [0.717, 1.165) is 23.5 Å². The number of likely N-dealkylation sites (tertiary alicyclic amines) is 1. The summed E-state index contributed by atoms with van der Waals surface area (Å²) in [4.78, 5) is 14.8. The average molecular weight is 289 g/mol. The molecule has 3 rings (SSSR count). The highest BCUT2D eigenvalue weighted by Gasteiger charge is 2.28. The highest BCUT2D eigenvalue weighted by Crippen LogP contribution is 2.20. The third-order valence-corrected chi connectivity index (χ3v) is 4.08. The second kappa shape index (κ2) is 5.58. The Morgan fingerprint density at radius 2 is 2.30 bits per heavy atom. The molecule has 0 bridgehead atoms. The fourth-order valence-corrected chi connectivity index (χ4v) is 2.88. The zero-order valence-electron chi connectivity index (χ0n) is 11.2. The summed E-state index contributed by atoms with van der Waals surface area (Å²) in [5.41, 5.74) is 0.860. The topological polar surface area (TPSA) is 55.3 Å². The van der Waals surface area contributed by atoms with E-state index in [1.165, 1.54) is 11.3 Å². The summed E-state index contributed by atoms with van der Waals surface area (Å²) in [7, 11) is 0. The standard InChI is InChI=1S/C14H15N3O2S/c1-10-4-5-13(16-15-10)19-11-6-7-17(9-11)14(18)12-3-2-8-20-12/h2-5,8,11H,6-7,9H2,1H3/t11-/m0/s1. The molecule has 2 aromatic heterocycles. The molecule has 3 heterocycles. The summed E-state index contributed by atoms with van der Waals surface area (Å²) >= 11 is 1.47. The Morgan fingerprint density at radius 3 is 3.00 bits per heavy atom. The first-order valence-electron chi connectivity index (χ1n) is 6.52. The first-order valence-corrected chi connectivity index (χ1v) is 7.40. The maximum atomic E-state index is 12.2.